The maximum atomic E-state index is 13.4. The molecule has 172 valence electrons. The third-order valence-electron chi connectivity index (χ3n) is 6.40. The van der Waals surface area contributed by atoms with Crippen LogP contribution in [0.15, 0.2) is 66.0 Å². The van der Waals surface area contributed by atoms with E-state index in [0.717, 1.165) is 5.56 Å². The smallest absolute Gasteiger partial charge is 0.254 e. The van der Waals surface area contributed by atoms with E-state index in [9.17, 15) is 18.5 Å². The lowest BCUT2D eigenvalue weighted by Gasteiger charge is -2.26. The molecule has 0 spiro atoms. The molecule has 0 bridgehead atoms. The van der Waals surface area contributed by atoms with Crippen LogP contribution in [0.1, 0.15) is 28.8 Å². The van der Waals surface area contributed by atoms with Crippen LogP contribution >= 0.6 is 11.6 Å². The van der Waals surface area contributed by atoms with Gasteiger partial charge < -0.3 is 4.90 Å². The number of nitrogens with zero attached hydrogens (tertiary/aromatic N) is 5. The summed E-state index contributed by atoms with van der Waals surface area (Å²) in [7, 11) is -3.92. The molecule has 0 saturated carbocycles. The Balaban J connectivity index is 1.39. The average molecular weight is 494 g/mol. The third-order valence-corrected chi connectivity index (χ3v) is 8.81. The van der Waals surface area contributed by atoms with Crippen LogP contribution in [0.4, 0.5) is 0 Å². The second-order valence-electron chi connectivity index (χ2n) is 8.25. The number of amides is 1. The first-order chi connectivity index (χ1) is 16.4. The maximum absolute atomic E-state index is 13.4. The van der Waals surface area contributed by atoms with E-state index in [2.05, 4.69) is 9.97 Å². The predicted octanol–water partition coefficient (Wildman–Crippen LogP) is 3.35. The Hall–Kier alpha value is -3.32. The van der Waals surface area contributed by atoms with Gasteiger partial charge in [-0.05, 0) is 43.2 Å². The lowest BCUT2D eigenvalue weighted by molar-refractivity contribution is 0.0735. The zero-order valence-electron chi connectivity index (χ0n) is 18.0. The van der Waals surface area contributed by atoms with Crippen molar-refractivity contribution in [1.82, 2.24) is 19.2 Å². The van der Waals surface area contributed by atoms with Crippen LogP contribution in [-0.4, -0.2) is 58.7 Å². The number of carbonyl (C=O) groups is 1. The Labute approximate surface area is 202 Å². The van der Waals surface area contributed by atoms with E-state index in [4.69, 9.17) is 11.6 Å². The molecule has 34 heavy (non-hydrogen) atoms. The monoisotopic (exact) mass is 493 g/mol. The fourth-order valence-electron chi connectivity index (χ4n) is 4.82. The summed E-state index contributed by atoms with van der Waals surface area (Å²) < 4.78 is 28.3. The Morgan fingerprint density at radius 2 is 1.91 bits per heavy atom. The number of benzene rings is 2. The van der Waals surface area contributed by atoms with Crippen LogP contribution in [0, 0.1) is 11.3 Å². The van der Waals surface area contributed by atoms with Crippen molar-refractivity contribution in [3.05, 3.63) is 77.2 Å². The van der Waals surface area contributed by atoms with E-state index in [1.165, 1.54) is 22.5 Å². The van der Waals surface area contributed by atoms with Crippen LogP contribution in [0.2, 0.25) is 5.02 Å². The Bertz CT molecular complexity index is 1410. The van der Waals surface area contributed by atoms with E-state index in [0.29, 0.717) is 30.6 Å². The van der Waals surface area contributed by atoms with Gasteiger partial charge in [-0.1, -0.05) is 23.7 Å². The van der Waals surface area contributed by atoms with Crippen LogP contribution in [0.5, 0.6) is 0 Å². The summed E-state index contributed by atoms with van der Waals surface area (Å²) in [6.07, 6.45) is 5.90. The number of hydrogen-bond donors (Lipinski definition) is 0. The van der Waals surface area contributed by atoms with Gasteiger partial charge in [-0.25, -0.2) is 8.42 Å². The number of likely N-dealkylation sites (tertiary alicyclic amines) is 1. The summed E-state index contributed by atoms with van der Waals surface area (Å²) in [5.41, 5.74) is 2.21. The Morgan fingerprint density at radius 3 is 2.68 bits per heavy atom. The van der Waals surface area contributed by atoms with Crippen molar-refractivity contribution in [3.8, 4) is 17.3 Å². The molecule has 10 heteroatoms. The zero-order chi connectivity index (χ0) is 23.9. The van der Waals surface area contributed by atoms with Gasteiger partial charge in [-0.3, -0.25) is 14.8 Å². The molecule has 0 N–H and O–H groups in total. The highest BCUT2D eigenvalue weighted by molar-refractivity contribution is 7.89. The molecular weight excluding hydrogens is 474 g/mol. The van der Waals surface area contributed by atoms with Crippen molar-refractivity contribution in [2.45, 2.75) is 29.8 Å². The second kappa shape index (κ2) is 8.80. The lowest BCUT2D eigenvalue weighted by atomic mass is 10.1. The first kappa shape index (κ1) is 22.5. The molecule has 2 aliphatic rings. The molecule has 1 aromatic heterocycles. The normalized spacial score (nSPS) is 20.2. The SMILES string of the molecule is N#Cc1ccc(Cl)c(S(=O)(=O)N2CC[C@@H]3[C@H]2CCN3C(=O)c2cccc(-c3cnccn3)c2)c1. The van der Waals surface area contributed by atoms with Gasteiger partial charge in [0.25, 0.3) is 5.91 Å². The predicted molar refractivity (Wildman–Crippen MR) is 125 cm³/mol. The summed E-state index contributed by atoms with van der Waals surface area (Å²) in [5, 5.41) is 9.26. The van der Waals surface area contributed by atoms with Crippen molar-refractivity contribution < 1.29 is 13.2 Å². The molecule has 1 amide bonds. The van der Waals surface area contributed by atoms with Gasteiger partial charge in [-0.2, -0.15) is 9.57 Å². The summed E-state index contributed by atoms with van der Waals surface area (Å²) >= 11 is 6.19. The Morgan fingerprint density at radius 1 is 1.09 bits per heavy atom. The molecule has 8 nitrogen and oxygen atoms in total. The first-order valence-corrected chi connectivity index (χ1v) is 12.6. The van der Waals surface area contributed by atoms with Crippen LogP contribution < -0.4 is 0 Å². The highest BCUT2D eigenvalue weighted by Crippen LogP contribution is 2.38. The maximum Gasteiger partial charge on any atom is 0.254 e. The van der Waals surface area contributed by atoms with Crippen LogP contribution in [0.25, 0.3) is 11.3 Å². The molecule has 0 radical (unpaired) electrons. The fraction of sp³-hybridized carbons (Fsp3) is 0.250. The summed E-state index contributed by atoms with van der Waals surface area (Å²) in [5.74, 6) is -0.137. The van der Waals surface area contributed by atoms with Gasteiger partial charge >= 0.3 is 0 Å². The molecule has 3 aromatic rings. The minimum Gasteiger partial charge on any atom is -0.334 e. The zero-order valence-corrected chi connectivity index (χ0v) is 19.6. The average Bonchev–Trinajstić information content (AvgIpc) is 3.47. The first-order valence-electron chi connectivity index (χ1n) is 10.8. The van der Waals surface area contributed by atoms with Gasteiger partial charge in [0.1, 0.15) is 4.90 Å². The molecule has 0 unspecified atom stereocenters. The van der Waals surface area contributed by atoms with Crippen molar-refractivity contribution in [2.24, 2.45) is 0 Å². The summed E-state index contributed by atoms with van der Waals surface area (Å²) in [6.45, 7) is 0.746. The van der Waals surface area contributed by atoms with E-state index < -0.39 is 10.0 Å². The van der Waals surface area contributed by atoms with Crippen molar-refractivity contribution >= 4 is 27.5 Å². The number of fused-ring (bicyclic) bond motifs is 1. The topological polar surface area (TPSA) is 107 Å². The standard InChI is InChI=1S/C24H20ClN5O3S/c25-19-5-4-16(14-26)12-23(19)34(32,33)30-11-7-21-22(30)6-10-29(21)24(31)18-3-1-2-17(13-18)20-15-27-8-9-28-20/h1-5,8-9,12-13,15,21-22H,6-7,10-11H2/t21-,22-/m1/s1. The van der Waals surface area contributed by atoms with Gasteiger partial charge in [0.15, 0.2) is 0 Å². The van der Waals surface area contributed by atoms with E-state index >= 15 is 0 Å². The number of sulfonamides is 1. The molecule has 5 rings (SSSR count). The summed E-state index contributed by atoms with van der Waals surface area (Å²) in [4.78, 5) is 23.5. The third kappa shape index (κ3) is 3.84. The second-order valence-corrected chi connectivity index (χ2v) is 10.5. The number of nitriles is 1. The van der Waals surface area contributed by atoms with Crippen molar-refractivity contribution in [1.29, 1.82) is 5.26 Å². The highest BCUT2D eigenvalue weighted by Gasteiger charge is 2.49. The number of rotatable bonds is 4. The van der Waals surface area contributed by atoms with Gasteiger partial charge in [0, 0.05) is 48.7 Å². The molecule has 2 saturated heterocycles. The number of aromatic nitrogens is 2. The van der Waals surface area contributed by atoms with Crippen molar-refractivity contribution in [2.75, 3.05) is 13.1 Å². The van der Waals surface area contributed by atoms with Crippen LogP contribution in [0.3, 0.4) is 0 Å². The number of carbonyl (C=O) groups excluding carboxylic acids is 1. The molecule has 2 fully saturated rings. The number of halogens is 1. The minimum atomic E-state index is -3.92. The van der Waals surface area contributed by atoms with Gasteiger partial charge in [0.2, 0.25) is 10.0 Å². The fourth-order valence-corrected chi connectivity index (χ4v) is 7.02. The molecule has 0 aliphatic carbocycles. The lowest BCUT2D eigenvalue weighted by Crippen LogP contribution is -2.41. The van der Waals surface area contributed by atoms with Crippen LogP contribution in [-0.2, 0) is 10.0 Å². The molecule has 3 heterocycles. The van der Waals surface area contributed by atoms with Crippen molar-refractivity contribution in [3.63, 3.8) is 0 Å². The van der Waals surface area contributed by atoms with E-state index in [1.54, 1.807) is 41.7 Å². The number of hydrogen-bond acceptors (Lipinski definition) is 6. The van der Waals surface area contributed by atoms with E-state index in [-0.39, 0.29) is 40.0 Å². The largest absolute Gasteiger partial charge is 0.334 e. The van der Waals surface area contributed by atoms with E-state index in [1.807, 2.05) is 12.1 Å². The molecule has 2 atom stereocenters. The quantitative estimate of drug-likeness (QED) is 0.551. The van der Waals surface area contributed by atoms with Gasteiger partial charge in [-0.15, -0.1) is 0 Å². The molecule has 2 aromatic carbocycles. The minimum absolute atomic E-state index is 0.0738. The van der Waals surface area contributed by atoms with Gasteiger partial charge in [0.05, 0.1) is 28.5 Å². The Kier molecular flexibility index (Phi) is 5.81. The highest BCUT2D eigenvalue weighted by atomic mass is 35.5. The summed E-state index contributed by atoms with van der Waals surface area (Å²) in [6, 6.07) is 12.8. The molecular formula is C24H20ClN5O3S. The molecule has 2 aliphatic heterocycles.